The van der Waals surface area contributed by atoms with E-state index in [1.807, 2.05) is 132 Å². The van der Waals surface area contributed by atoms with E-state index in [9.17, 15) is 13.2 Å². The van der Waals surface area contributed by atoms with Gasteiger partial charge in [0.15, 0.2) is 0 Å². The van der Waals surface area contributed by atoms with Gasteiger partial charge in [0.1, 0.15) is 17.1 Å². The van der Waals surface area contributed by atoms with Gasteiger partial charge >= 0.3 is 0 Å². The van der Waals surface area contributed by atoms with Crippen molar-refractivity contribution in [3.63, 3.8) is 0 Å². The van der Waals surface area contributed by atoms with Crippen LogP contribution in [0.2, 0.25) is 0 Å². The number of ether oxygens (including phenoxy) is 1. The molecule has 0 saturated heterocycles. The number of anilines is 2. The number of carbonyl (C=O) groups excluding carboxylic acids is 1. The number of carbonyl (C=O) groups is 1. The molecule has 7 nitrogen and oxygen atoms in total. The Labute approximate surface area is 271 Å². The fourth-order valence-electron chi connectivity index (χ4n) is 7.04. The smallest absolute Gasteiger partial charge is 0.278 e. The molecule has 0 radical (unpaired) electrons. The Bertz CT molecular complexity index is 1590. The van der Waals surface area contributed by atoms with E-state index in [1.54, 1.807) is 0 Å². The molecule has 3 aromatic carbocycles. The Kier molecular flexibility index (Phi) is 8.64. The molecule has 45 heavy (non-hydrogen) atoms. The van der Waals surface area contributed by atoms with Gasteiger partial charge in [-0.3, -0.25) is 4.79 Å². The highest BCUT2D eigenvalue weighted by molar-refractivity contribution is 8.33. The number of ketones is 1. The molecule has 0 heterocycles. The molecule has 2 fully saturated rings. The van der Waals surface area contributed by atoms with Gasteiger partial charge in [0.25, 0.3) is 10.1 Å². The molecule has 3 aromatic rings. The normalized spacial score (nSPS) is 21.5. The van der Waals surface area contributed by atoms with E-state index in [2.05, 4.69) is 13.8 Å². The molecule has 2 unspecified atom stereocenters. The van der Waals surface area contributed by atoms with Gasteiger partial charge in [-0.25, -0.2) is 3.63 Å². The summed E-state index contributed by atoms with van der Waals surface area (Å²) in [5.41, 5.74) is 0.219. The van der Waals surface area contributed by atoms with Crippen molar-refractivity contribution in [2.75, 3.05) is 43.7 Å². The lowest BCUT2D eigenvalue weighted by Gasteiger charge is -2.42. The molecule has 2 aliphatic carbocycles. The van der Waals surface area contributed by atoms with Crippen molar-refractivity contribution in [3.05, 3.63) is 72.8 Å². The van der Waals surface area contributed by atoms with Crippen LogP contribution in [0.25, 0.3) is 0 Å². The largest absolute Gasteiger partial charge is 0.488 e. The second-order valence-electron chi connectivity index (χ2n) is 14.5. The fourth-order valence-corrected chi connectivity index (χ4v) is 13.1. The minimum absolute atomic E-state index is 0.0471. The zero-order valence-corrected chi connectivity index (χ0v) is 29.7. The first-order valence-electron chi connectivity index (χ1n) is 15.5. The molecule has 2 atom stereocenters. The number of hydrogen-bond donors (Lipinski definition) is 0. The monoisotopic (exact) mass is 652 g/mol. The first-order chi connectivity index (χ1) is 20.9. The lowest BCUT2D eigenvalue weighted by molar-refractivity contribution is -0.128. The molecule has 0 aliphatic heterocycles. The average molecular weight is 653 g/mol. The van der Waals surface area contributed by atoms with E-state index in [4.69, 9.17) is 8.37 Å². The third kappa shape index (κ3) is 6.11. The van der Waals surface area contributed by atoms with Crippen molar-refractivity contribution in [2.45, 2.75) is 74.2 Å². The van der Waals surface area contributed by atoms with Crippen LogP contribution in [0, 0.1) is 16.7 Å². The summed E-state index contributed by atoms with van der Waals surface area (Å²) in [5.74, 6) is 0.603. The molecule has 2 aliphatic rings. The molecule has 0 aromatic heterocycles. The van der Waals surface area contributed by atoms with Crippen molar-refractivity contribution in [1.82, 2.24) is 0 Å². The van der Waals surface area contributed by atoms with Crippen LogP contribution in [-0.2, 0) is 18.5 Å². The van der Waals surface area contributed by atoms with Crippen LogP contribution < -0.4 is 14.5 Å². The van der Waals surface area contributed by atoms with Crippen molar-refractivity contribution in [3.8, 4) is 5.75 Å². The summed E-state index contributed by atoms with van der Waals surface area (Å²) >= 11 is 0. The van der Waals surface area contributed by atoms with Crippen LogP contribution in [0.15, 0.2) is 87.5 Å². The quantitative estimate of drug-likeness (QED) is 0.220. The van der Waals surface area contributed by atoms with E-state index < -0.39 is 36.9 Å². The van der Waals surface area contributed by atoms with Gasteiger partial charge in [-0.05, 0) is 128 Å². The van der Waals surface area contributed by atoms with Crippen LogP contribution in [0.3, 0.4) is 0 Å². The van der Waals surface area contributed by atoms with Crippen LogP contribution in [-0.4, -0.2) is 53.7 Å². The molecular weight excluding hydrogens is 605 g/mol. The predicted molar refractivity (Wildman–Crippen MR) is 184 cm³/mol. The van der Waals surface area contributed by atoms with Gasteiger partial charge in [0.05, 0.1) is 11.2 Å². The third-order valence-electron chi connectivity index (χ3n) is 9.72. The molecule has 2 bridgehead atoms. The summed E-state index contributed by atoms with van der Waals surface area (Å²) in [4.78, 5) is 19.7. The highest BCUT2D eigenvalue weighted by Gasteiger charge is 2.65. The first-order valence-corrected chi connectivity index (χ1v) is 18.7. The van der Waals surface area contributed by atoms with Gasteiger partial charge in [-0.1, -0.05) is 13.8 Å². The van der Waals surface area contributed by atoms with E-state index in [-0.39, 0.29) is 17.5 Å². The molecule has 0 amide bonds. The van der Waals surface area contributed by atoms with Gasteiger partial charge in [-0.2, -0.15) is 8.42 Å². The highest BCUT2D eigenvalue weighted by Crippen LogP contribution is 2.71. The molecule has 244 valence electrons. The van der Waals surface area contributed by atoms with Crippen LogP contribution in [0.5, 0.6) is 5.75 Å². The number of fused-ring (bicyclic) bond motifs is 2. The lowest BCUT2D eigenvalue weighted by Crippen LogP contribution is -2.42. The lowest BCUT2D eigenvalue weighted by atomic mass is 9.70. The van der Waals surface area contributed by atoms with E-state index >= 15 is 0 Å². The Morgan fingerprint density at radius 3 is 1.58 bits per heavy atom. The summed E-state index contributed by atoms with van der Waals surface area (Å²) in [6.07, 6.45) is 1.87. The van der Waals surface area contributed by atoms with E-state index in [0.717, 1.165) is 32.5 Å². The minimum atomic E-state index is -4.24. The van der Waals surface area contributed by atoms with Crippen LogP contribution in [0.4, 0.5) is 11.4 Å². The fraction of sp³-hybridized carbons (Fsp3) is 0.472. The summed E-state index contributed by atoms with van der Waals surface area (Å²) in [6.45, 7) is 10.1. The maximum absolute atomic E-state index is 14.5. The Balaban J connectivity index is 1.71. The topological polar surface area (TPSA) is 76.1 Å². The zero-order chi connectivity index (χ0) is 33.0. The second-order valence-corrected chi connectivity index (χ2v) is 18.9. The van der Waals surface area contributed by atoms with Crippen molar-refractivity contribution in [2.24, 2.45) is 16.7 Å². The predicted octanol–water partition coefficient (Wildman–Crippen LogP) is 7.93. The van der Waals surface area contributed by atoms with E-state index in [1.165, 1.54) is 0 Å². The molecule has 0 N–H and O–H groups in total. The first kappa shape index (κ1) is 33.4. The second kappa shape index (κ2) is 11.7. The van der Waals surface area contributed by atoms with E-state index in [0.29, 0.717) is 18.6 Å². The number of hydrogen-bond acceptors (Lipinski definition) is 7. The maximum Gasteiger partial charge on any atom is 0.278 e. The third-order valence-corrected chi connectivity index (χ3v) is 15.0. The highest BCUT2D eigenvalue weighted by atomic mass is 32.3. The van der Waals surface area contributed by atoms with Crippen LogP contribution >= 0.6 is 10.3 Å². The maximum atomic E-state index is 14.5. The summed E-state index contributed by atoms with van der Waals surface area (Å²) < 4.78 is 41.9. The van der Waals surface area contributed by atoms with Crippen molar-refractivity contribution in [1.29, 1.82) is 0 Å². The van der Waals surface area contributed by atoms with Gasteiger partial charge < -0.3 is 14.5 Å². The van der Waals surface area contributed by atoms with Gasteiger partial charge in [0, 0.05) is 60.7 Å². The Hall–Kier alpha value is -3.01. The van der Waals surface area contributed by atoms with Gasteiger partial charge in [-0.15, -0.1) is 0 Å². The average Bonchev–Trinajstić information content (AvgIpc) is 3.30. The molecular formula is C36H48N2O5S2. The SMILES string of the molecule is CN(C)c1ccc(S(OS(=O)(=O)CC23CCC(CC2=O)C3(C)C)(c2ccc(OC(C)(C)C)cc2)c2ccc(N(C)C)cc2)cc1. The molecule has 5 rings (SSSR count). The molecule has 0 spiro atoms. The summed E-state index contributed by atoms with van der Waals surface area (Å²) in [7, 11) is 0.795. The Morgan fingerprint density at radius 2 is 1.22 bits per heavy atom. The number of nitrogens with zero attached hydrogens (tertiary/aromatic N) is 2. The minimum Gasteiger partial charge on any atom is -0.488 e. The van der Waals surface area contributed by atoms with Crippen molar-refractivity contribution >= 4 is 37.6 Å². The standard InChI is InChI=1S/C36H48N2O5S2/c1-34(2,3)42-29-14-20-32(21-15-29)45(30-16-10-27(11-17-30)37(6)7,31-18-12-28(13-19-31)38(8)9)43-44(40,41)25-36-23-22-26(24-33(36)39)35(36,4)5/h10-21,26H,22-25H2,1-9H3. The van der Waals surface area contributed by atoms with Crippen molar-refractivity contribution < 1.29 is 21.6 Å². The molecule has 2 saturated carbocycles. The molecule has 9 heteroatoms. The van der Waals surface area contributed by atoms with Crippen LogP contribution in [0.1, 0.15) is 53.9 Å². The summed E-state index contributed by atoms with van der Waals surface area (Å²) in [5, 5.41) is 0. The van der Waals surface area contributed by atoms with Gasteiger partial charge in [0.2, 0.25) is 0 Å². The Morgan fingerprint density at radius 1 is 0.778 bits per heavy atom. The number of benzene rings is 3. The zero-order valence-electron chi connectivity index (χ0n) is 28.1. The number of Topliss-reactive ketones (excluding diaryl/α,β-unsaturated/α-hetero) is 1. The summed E-state index contributed by atoms with van der Waals surface area (Å²) in [6, 6.07) is 23.4. The number of rotatable bonds is 10.